The van der Waals surface area contributed by atoms with Crippen LogP contribution >= 0.6 is 0 Å². The lowest BCUT2D eigenvalue weighted by atomic mass is 10.1. The Kier molecular flexibility index (Phi) is 4.02. The van der Waals surface area contributed by atoms with Crippen LogP contribution in [0.25, 0.3) is 11.3 Å². The summed E-state index contributed by atoms with van der Waals surface area (Å²) in [5.41, 5.74) is 8.15. The molecule has 4 heteroatoms. The second-order valence-corrected chi connectivity index (χ2v) is 5.55. The van der Waals surface area contributed by atoms with E-state index < -0.39 is 0 Å². The van der Waals surface area contributed by atoms with E-state index in [9.17, 15) is 0 Å². The summed E-state index contributed by atoms with van der Waals surface area (Å²) >= 11 is 0. The van der Waals surface area contributed by atoms with Gasteiger partial charge in [-0.3, -0.25) is 0 Å². The van der Waals surface area contributed by atoms with Crippen molar-refractivity contribution in [3.05, 3.63) is 30.1 Å². The van der Waals surface area contributed by atoms with Gasteiger partial charge in [0.25, 0.3) is 0 Å². The molecule has 0 amide bonds. The number of benzene rings is 1. The topological polar surface area (TPSA) is 53.1 Å². The van der Waals surface area contributed by atoms with Gasteiger partial charge in [-0.15, -0.1) is 0 Å². The van der Waals surface area contributed by atoms with Gasteiger partial charge in [-0.05, 0) is 26.0 Å². The highest BCUT2D eigenvalue weighted by molar-refractivity contribution is 5.72. The minimum atomic E-state index is 0.291. The fourth-order valence-electron chi connectivity index (χ4n) is 2.40. The number of methoxy groups -OCH3 is 1. The first kappa shape index (κ1) is 14.4. The van der Waals surface area contributed by atoms with Gasteiger partial charge in [0.2, 0.25) is 0 Å². The van der Waals surface area contributed by atoms with Gasteiger partial charge in [0, 0.05) is 17.5 Å². The molecule has 0 aliphatic rings. The van der Waals surface area contributed by atoms with Crippen LogP contribution < -0.4 is 10.5 Å². The molecule has 2 N–H and O–H groups in total. The van der Waals surface area contributed by atoms with E-state index in [0.717, 1.165) is 28.6 Å². The largest absolute Gasteiger partial charge is 0.497 e. The molecular formula is C16H23N3O. The molecule has 2 rings (SSSR count). The summed E-state index contributed by atoms with van der Waals surface area (Å²) in [7, 11) is 1.66. The molecule has 0 saturated heterocycles. The van der Waals surface area contributed by atoms with E-state index in [0.29, 0.717) is 12.0 Å². The minimum absolute atomic E-state index is 0.291. The molecule has 0 spiro atoms. The van der Waals surface area contributed by atoms with Crippen molar-refractivity contribution in [2.45, 2.75) is 39.7 Å². The first-order chi connectivity index (χ1) is 9.45. The van der Waals surface area contributed by atoms with E-state index in [2.05, 4.69) is 32.3 Å². The Morgan fingerprint density at radius 3 is 2.40 bits per heavy atom. The molecule has 0 atom stereocenters. The van der Waals surface area contributed by atoms with Crippen LogP contribution in [-0.4, -0.2) is 16.7 Å². The third kappa shape index (κ3) is 2.50. The van der Waals surface area contributed by atoms with Crippen molar-refractivity contribution in [1.29, 1.82) is 0 Å². The number of imidazole rings is 1. The lowest BCUT2D eigenvalue weighted by Crippen LogP contribution is -2.10. The number of nitrogen functional groups attached to an aromatic ring is 1. The van der Waals surface area contributed by atoms with Crippen LogP contribution in [0.1, 0.15) is 45.5 Å². The summed E-state index contributed by atoms with van der Waals surface area (Å²) in [5.74, 6) is 2.89. The average molecular weight is 273 g/mol. The molecule has 4 nitrogen and oxygen atoms in total. The lowest BCUT2D eigenvalue weighted by molar-refractivity contribution is 0.415. The first-order valence-corrected chi connectivity index (χ1v) is 6.97. The Balaban J connectivity index is 2.60. The molecule has 0 aliphatic heterocycles. The number of hydrogen-bond donors (Lipinski definition) is 1. The molecule has 1 aromatic heterocycles. The van der Waals surface area contributed by atoms with Gasteiger partial charge in [-0.1, -0.05) is 26.0 Å². The van der Waals surface area contributed by atoms with Crippen LogP contribution in [0.3, 0.4) is 0 Å². The fraction of sp³-hybridized carbons (Fsp3) is 0.438. The van der Waals surface area contributed by atoms with E-state index >= 15 is 0 Å². The van der Waals surface area contributed by atoms with Gasteiger partial charge in [0.15, 0.2) is 0 Å². The SMILES string of the molecule is COc1cccc(-c2nc(C(C)C)n(C(C)C)c2N)c1. The summed E-state index contributed by atoms with van der Waals surface area (Å²) in [6.45, 7) is 8.52. The van der Waals surface area contributed by atoms with Crippen LogP contribution in [0.4, 0.5) is 5.82 Å². The Bertz CT molecular complexity index is 600. The van der Waals surface area contributed by atoms with Crippen molar-refractivity contribution in [3.8, 4) is 17.0 Å². The molecule has 0 radical (unpaired) electrons. The van der Waals surface area contributed by atoms with Gasteiger partial charge in [-0.25, -0.2) is 4.98 Å². The zero-order chi connectivity index (χ0) is 14.9. The number of ether oxygens (including phenoxy) is 1. The third-order valence-corrected chi connectivity index (χ3v) is 3.35. The average Bonchev–Trinajstić information content (AvgIpc) is 2.77. The molecule has 1 aromatic carbocycles. The van der Waals surface area contributed by atoms with Crippen LogP contribution in [0.15, 0.2) is 24.3 Å². The maximum Gasteiger partial charge on any atom is 0.131 e. The highest BCUT2D eigenvalue weighted by Gasteiger charge is 2.20. The Morgan fingerprint density at radius 1 is 1.20 bits per heavy atom. The second kappa shape index (κ2) is 5.57. The van der Waals surface area contributed by atoms with E-state index in [4.69, 9.17) is 15.5 Å². The molecule has 0 unspecified atom stereocenters. The van der Waals surface area contributed by atoms with Crippen LogP contribution in [-0.2, 0) is 0 Å². The highest BCUT2D eigenvalue weighted by atomic mass is 16.5. The highest BCUT2D eigenvalue weighted by Crippen LogP contribution is 2.33. The zero-order valence-electron chi connectivity index (χ0n) is 12.8. The molecule has 0 aliphatic carbocycles. The van der Waals surface area contributed by atoms with E-state index in [-0.39, 0.29) is 0 Å². The zero-order valence-corrected chi connectivity index (χ0v) is 12.8. The van der Waals surface area contributed by atoms with Crippen molar-refractivity contribution in [2.24, 2.45) is 0 Å². The monoisotopic (exact) mass is 273 g/mol. The number of nitrogens with two attached hydrogens (primary N) is 1. The predicted molar refractivity (Wildman–Crippen MR) is 83.1 cm³/mol. The minimum Gasteiger partial charge on any atom is -0.497 e. The molecular weight excluding hydrogens is 250 g/mol. The Hall–Kier alpha value is -1.97. The number of aromatic nitrogens is 2. The van der Waals surface area contributed by atoms with E-state index in [1.807, 2.05) is 24.3 Å². The molecule has 108 valence electrons. The fourth-order valence-corrected chi connectivity index (χ4v) is 2.40. The summed E-state index contributed by atoms with van der Waals surface area (Å²) < 4.78 is 7.38. The van der Waals surface area contributed by atoms with Gasteiger partial charge >= 0.3 is 0 Å². The molecule has 0 bridgehead atoms. The second-order valence-electron chi connectivity index (χ2n) is 5.55. The lowest BCUT2D eigenvalue weighted by Gasteiger charge is -2.15. The number of rotatable bonds is 4. The summed E-state index contributed by atoms with van der Waals surface area (Å²) in [6.07, 6.45) is 0. The van der Waals surface area contributed by atoms with Crippen LogP contribution in [0.5, 0.6) is 5.75 Å². The smallest absolute Gasteiger partial charge is 0.131 e. The number of anilines is 1. The first-order valence-electron chi connectivity index (χ1n) is 6.97. The standard InChI is InChI=1S/C16H23N3O/c1-10(2)16-18-14(15(17)19(16)11(3)4)12-7-6-8-13(9-12)20-5/h6-11H,17H2,1-5H3. The van der Waals surface area contributed by atoms with Crippen LogP contribution in [0.2, 0.25) is 0 Å². The summed E-state index contributed by atoms with van der Waals surface area (Å²) in [6, 6.07) is 8.14. The number of hydrogen-bond acceptors (Lipinski definition) is 3. The van der Waals surface area contributed by atoms with Crippen molar-refractivity contribution in [2.75, 3.05) is 12.8 Å². The van der Waals surface area contributed by atoms with Gasteiger partial charge in [-0.2, -0.15) is 0 Å². The molecule has 1 heterocycles. The van der Waals surface area contributed by atoms with Gasteiger partial charge in [0.05, 0.1) is 7.11 Å². The molecule has 0 fully saturated rings. The number of nitrogens with zero attached hydrogens (tertiary/aromatic N) is 2. The van der Waals surface area contributed by atoms with E-state index in [1.165, 1.54) is 0 Å². The predicted octanol–water partition coefficient (Wildman–Crippen LogP) is 3.85. The summed E-state index contributed by atoms with van der Waals surface area (Å²) in [4.78, 5) is 4.76. The Morgan fingerprint density at radius 2 is 1.90 bits per heavy atom. The van der Waals surface area contributed by atoms with Crippen LogP contribution in [0, 0.1) is 0 Å². The molecule has 0 saturated carbocycles. The molecule has 2 aromatic rings. The molecule has 20 heavy (non-hydrogen) atoms. The van der Waals surface area contributed by atoms with Gasteiger partial charge in [0.1, 0.15) is 23.1 Å². The van der Waals surface area contributed by atoms with Gasteiger partial charge < -0.3 is 15.0 Å². The van der Waals surface area contributed by atoms with Crippen molar-refractivity contribution in [3.63, 3.8) is 0 Å². The Labute approximate surface area is 120 Å². The maximum atomic E-state index is 6.33. The summed E-state index contributed by atoms with van der Waals surface area (Å²) in [5, 5.41) is 0. The van der Waals surface area contributed by atoms with Crippen molar-refractivity contribution >= 4 is 5.82 Å². The third-order valence-electron chi connectivity index (χ3n) is 3.35. The normalized spacial score (nSPS) is 11.3. The van der Waals surface area contributed by atoms with Crippen molar-refractivity contribution < 1.29 is 4.74 Å². The van der Waals surface area contributed by atoms with Crippen molar-refractivity contribution in [1.82, 2.24) is 9.55 Å². The maximum absolute atomic E-state index is 6.33. The quantitative estimate of drug-likeness (QED) is 0.920. The van der Waals surface area contributed by atoms with E-state index in [1.54, 1.807) is 7.11 Å².